The van der Waals surface area contributed by atoms with E-state index in [1.165, 1.54) is 16.7 Å². The predicted molar refractivity (Wildman–Crippen MR) is 76.8 cm³/mol. The number of hydrogen-bond donors (Lipinski definition) is 1. The summed E-state index contributed by atoms with van der Waals surface area (Å²) < 4.78 is 0. The molecule has 2 aromatic rings. The summed E-state index contributed by atoms with van der Waals surface area (Å²) in [6, 6.07) is 12.8. The molecule has 1 aromatic carbocycles. The first-order chi connectivity index (χ1) is 8.65. The lowest BCUT2D eigenvalue weighted by atomic mass is 10.0. The minimum absolute atomic E-state index is 0.589. The second-order valence-electron chi connectivity index (χ2n) is 4.97. The molecule has 0 aliphatic rings. The van der Waals surface area contributed by atoms with Crippen LogP contribution in [0.25, 0.3) is 0 Å². The van der Waals surface area contributed by atoms with Crippen molar-refractivity contribution in [3.05, 3.63) is 59.3 Å². The molecule has 0 fully saturated rings. The van der Waals surface area contributed by atoms with Crippen molar-refractivity contribution < 1.29 is 0 Å². The lowest BCUT2D eigenvalue weighted by molar-refractivity contribution is 0.865. The standard InChI is InChI=1S/C16H20N2/c1-12(2)15-7-5-14(6-8-15)11-18-16-9-4-13(3)10-17-16/h4-10,12H,11H2,1-3H3,(H,17,18). The Morgan fingerprint density at radius 1 is 1.06 bits per heavy atom. The van der Waals surface area contributed by atoms with Crippen LogP contribution < -0.4 is 5.32 Å². The van der Waals surface area contributed by atoms with Gasteiger partial charge in [-0.2, -0.15) is 0 Å². The summed E-state index contributed by atoms with van der Waals surface area (Å²) >= 11 is 0. The maximum absolute atomic E-state index is 4.33. The summed E-state index contributed by atoms with van der Waals surface area (Å²) in [5.41, 5.74) is 3.84. The molecule has 1 aromatic heterocycles. The van der Waals surface area contributed by atoms with E-state index in [9.17, 15) is 0 Å². The van der Waals surface area contributed by atoms with E-state index in [1.54, 1.807) is 0 Å². The van der Waals surface area contributed by atoms with Crippen LogP contribution in [0.4, 0.5) is 5.82 Å². The van der Waals surface area contributed by atoms with Crippen molar-refractivity contribution in [2.75, 3.05) is 5.32 Å². The average Bonchev–Trinajstić information content (AvgIpc) is 2.38. The third kappa shape index (κ3) is 3.33. The highest BCUT2D eigenvalue weighted by Crippen LogP contribution is 2.15. The molecule has 0 amide bonds. The van der Waals surface area contributed by atoms with Crippen LogP contribution in [0.5, 0.6) is 0 Å². The van der Waals surface area contributed by atoms with Gasteiger partial charge >= 0.3 is 0 Å². The highest BCUT2D eigenvalue weighted by atomic mass is 15.0. The molecule has 0 radical (unpaired) electrons. The van der Waals surface area contributed by atoms with Gasteiger partial charge in [-0.25, -0.2) is 4.98 Å². The zero-order valence-electron chi connectivity index (χ0n) is 11.3. The fraction of sp³-hybridized carbons (Fsp3) is 0.312. The van der Waals surface area contributed by atoms with Gasteiger partial charge in [-0.15, -0.1) is 0 Å². The summed E-state index contributed by atoms with van der Waals surface area (Å²) in [5, 5.41) is 3.33. The highest BCUT2D eigenvalue weighted by Gasteiger charge is 1.99. The predicted octanol–water partition coefficient (Wildman–Crippen LogP) is 4.13. The first-order valence-electron chi connectivity index (χ1n) is 6.40. The molecular weight excluding hydrogens is 220 g/mol. The Bertz CT molecular complexity index is 484. The number of aromatic nitrogens is 1. The number of anilines is 1. The normalized spacial score (nSPS) is 10.7. The molecule has 0 aliphatic carbocycles. The number of hydrogen-bond acceptors (Lipinski definition) is 2. The number of nitrogens with one attached hydrogen (secondary N) is 1. The zero-order chi connectivity index (χ0) is 13.0. The first kappa shape index (κ1) is 12.6. The van der Waals surface area contributed by atoms with Crippen LogP contribution in [-0.2, 0) is 6.54 Å². The lowest BCUT2D eigenvalue weighted by Crippen LogP contribution is -2.01. The second-order valence-corrected chi connectivity index (χ2v) is 4.97. The second kappa shape index (κ2) is 5.67. The molecule has 0 spiro atoms. The van der Waals surface area contributed by atoms with Gasteiger partial charge in [-0.3, -0.25) is 0 Å². The fourth-order valence-electron chi connectivity index (χ4n) is 1.79. The molecule has 0 aliphatic heterocycles. The maximum atomic E-state index is 4.33. The van der Waals surface area contributed by atoms with Crippen molar-refractivity contribution >= 4 is 5.82 Å². The number of aryl methyl sites for hydroxylation is 1. The van der Waals surface area contributed by atoms with E-state index in [4.69, 9.17) is 0 Å². The van der Waals surface area contributed by atoms with Gasteiger partial charge in [0.05, 0.1) is 0 Å². The quantitative estimate of drug-likeness (QED) is 0.869. The topological polar surface area (TPSA) is 24.9 Å². The monoisotopic (exact) mass is 240 g/mol. The van der Waals surface area contributed by atoms with Gasteiger partial charge in [0.15, 0.2) is 0 Å². The Kier molecular flexibility index (Phi) is 3.98. The Balaban J connectivity index is 1.95. The van der Waals surface area contributed by atoms with Crippen LogP contribution in [0.1, 0.15) is 36.5 Å². The Hall–Kier alpha value is -1.83. The van der Waals surface area contributed by atoms with E-state index >= 15 is 0 Å². The summed E-state index contributed by atoms with van der Waals surface area (Å²) in [6.07, 6.45) is 1.88. The molecule has 18 heavy (non-hydrogen) atoms. The van der Waals surface area contributed by atoms with Gasteiger partial charge < -0.3 is 5.32 Å². The van der Waals surface area contributed by atoms with Crippen molar-refractivity contribution in [2.45, 2.75) is 33.2 Å². The largest absolute Gasteiger partial charge is 0.366 e. The van der Waals surface area contributed by atoms with Crippen LogP contribution >= 0.6 is 0 Å². The fourth-order valence-corrected chi connectivity index (χ4v) is 1.79. The average molecular weight is 240 g/mol. The van der Waals surface area contributed by atoms with E-state index in [1.807, 2.05) is 19.2 Å². The zero-order valence-corrected chi connectivity index (χ0v) is 11.3. The summed E-state index contributed by atoms with van der Waals surface area (Å²) in [7, 11) is 0. The molecule has 1 N–H and O–H groups in total. The van der Waals surface area contributed by atoms with Crippen molar-refractivity contribution in [3.8, 4) is 0 Å². The Morgan fingerprint density at radius 3 is 2.33 bits per heavy atom. The van der Waals surface area contributed by atoms with Crippen molar-refractivity contribution in [1.29, 1.82) is 0 Å². The molecule has 1 heterocycles. The SMILES string of the molecule is Cc1ccc(NCc2ccc(C(C)C)cc2)nc1. The summed E-state index contributed by atoms with van der Waals surface area (Å²) in [6.45, 7) is 7.28. The maximum Gasteiger partial charge on any atom is 0.126 e. The Morgan fingerprint density at radius 2 is 1.78 bits per heavy atom. The van der Waals surface area contributed by atoms with Crippen LogP contribution in [-0.4, -0.2) is 4.98 Å². The van der Waals surface area contributed by atoms with Crippen molar-refractivity contribution in [2.24, 2.45) is 0 Å². The molecule has 0 unspecified atom stereocenters. The highest BCUT2D eigenvalue weighted by molar-refractivity contribution is 5.37. The molecular formula is C16H20N2. The molecule has 0 atom stereocenters. The summed E-state index contributed by atoms with van der Waals surface area (Å²) in [4.78, 5) is 4.33. The van der Waals surface area contributed by atoms with Gasteiger partial charge in [0.2, 0.25) is 0 Å². The van der Waals surface area contributed by atoms with E-state index in [0.717, 1.165) is 12.4 Å². The molecule has 2 heteroatoms. The van der Waals surface area contributed by atoms with Crippen molar-refractivity contribution in [1.82, 2.24) is 4.98 Å². The van der Waals surface area contributed by atoms with Gasteiger partial charge in [0, 0.05) is 12.7 Å². The van der Waals surface area contributed by atoms with Crippen molar-refractivity contribution in [3.63, 3.8) is 0 Å². The van der Waals surface area contributed by atoms with Gasteiger partial charge in [0.1, 0.15) is 5.82 Å². The van der Waals surface area contributed by atoms with Crippen LogP contribution in [0.15, 0.2) is 42.6 Å². The number of pyridine rings is 1. The lowest BCUT2D eigenvalue weighted by Gasteiger charge is -2.08. The van der Waals surface area contributed by atoms with E-state index in [0.29, 0.717) is 5.92 Å². The van der Waals surface area contributed by atoms with Crippen LogP contribution in [0.2, 0.25) is 0 Å². The smallest absolute Gasteiger partial charge is 0.126 e. The number of rotatable bonds is 4. The van der Waals surface area contributed by atoms with E-state index < -0.39 is 0 Å². The molecule has 2 nitrogen and oxygen atoms in total. The summed E-state index contributed by atoms with van der Waals surface area (Å²) in [5.74, 6) is 1.51. The van der Waals surface area contributed by atoms with Gasteiger partial charge in [0.25, 0.3) is 0 Å². The minimum atomic E-state index is 0.589. The van der Waals surface area contributed by atoms with Crippen LogP contribution in [0, 0.1) is 6.92 Å². The van der Waals surface area contributed by atoms with Gasteiger partial charge in [-0.1, -0.05) is 44.2 Å². The molecule has 94 valence electrons. The molecule has 0 bridgehead atoms. The number of nitrogens with zero attached hydrogens (tertiary/aromatic N) is 1. The van der Waals surface area contributed by atoms with Crippen LogP contribution in [0.3, 0.4) is 0 Å². The third-order valence-corrected chi connectivity index (χ3v) is 3.03. The Labute approximate surface area is 109 Å². The van der Waals surface area contributed by atoms with E-state index in [2.05, 4.69) is 54.5 Å². The molecule has 0 saturated heterocycles. The first-order valence-corrected chi connectivity index (χ1v) is 6.40. The third-order valence-electron chi connectivity index (χ3n) is 3.03. The molecule has 2 rings (SSSR count). The van der Waals surface area contributed by atoms with E-state index in [-0.39, 0.29) is 0 Å². The molecule has 0 saturated carbocycles. The minimum Gasteiger partial charge on any atom is -0.366 e. The number of benzene rings is 1. The van der Waals surface area contributed by atoms with Gasteiger partial charge in [-0.05, 0) is 35.6 Å².